The molecule has 0 bridgehead atoms. The van der Waals surface area contributed by atoms with Gasteiger partial charge in [-0.3, -0.25) is 9.59 Å². The third kappa shape index (κ3) is 3.73. The average molecular weight is 434 g/mol. The Morgan fingerprint density at radius 2 is 1.84 bits per heavy atom. The third-order valence-corrected chi connectivity index (χ3v) is 6.21. The van der Waals surface area contributed by atoms with E-state index in [0.29, 0.717) is 55.3 Å². The zero-order valence-electron chi connectivity index (χ0n) is 18.5. The molecule has 1 amide bonds. The van der Waals surface area contributed by atoms with Crippen LogP contribution in [0.1, 0.15) is 21.5 Å². The topological polar surface area (TPSA) is 66.2 Å². The van der Waals surface area contributed by atoms with Crippen LogP contribution in [0.4, 0.5) is 11.6 Å². The number of carbonyl (C=O) groups is 1. The van der Waals surface area contributed by atoms with Crippen LogP contribution < -0.4 is 15.2 Å². The number of fused-ring (bicyclic) bond motifs is 2. The molecule has 0 spiro atoms. The summed E-state index contributed by atoms with van der Waals surface area (Å²) in [5.74, 6) is 0.423. The number of rotatable bonds is 4. The number of anilines is 2. The first-order valence-corrected chi connectivity index (χ1v) is 11.0. The van der Waals surface area contributed by atoms with Gasteiger partial charge in [-0.2, -0.15) is 0 Å². The van der Waals surface area contributed by atoms with E-state index in [1.165, 1.54) is 22.2 Å². The van der Waals surface area contributed by atoms with Gasteiger partial charge >= 0.3 is 0 Å². The van der Waals surface area contributed by atoms with Gasteiger partial charge in [-0.25, -0.2) is 0 Å². The summed E-state index contributed by atoms with van der Waals surface area (Å²) in [7, 11) is 3.43. The molecule has 1 aromatic heterocycles. The number of hydrogen-bond donors (Lipinski definition) is 0. The molecule has 32 heavy (non-hydrogen) atoms. The number of morpholine rings is 1. The quantitative estimate of drug-likeness (QED) is 0.630. The Morgan fingerprint density at radius 3 is 2.62 bits per heavy atom. The highest BCUT2D eigenvalue weighted by molar-refractivity contribution is 5.98. The van der Waals surface area contributed by atoms with E-state index in [-0.39, 0.29) is 11.3 Å². The van der Waals surface area contributed by atoms with Crippen molar-refractivity contribution in [1.29, 1.82) is 0 Å². The normalized spacial score (nSPS) is 15.8. The molecule has 0 aliphatic carbocycles. The number of carbonyl (C=O) groups excluding carboxylic acids is 1. The number of nitrogens with zero attached hydrogens (tertiary/aromatic N) is 3. The molecule has 2 aliphatic heterocycles. The standard InChI is InChI=1S/C25H27N3O4/c1-26(2)25(30)18-13-19(16-28-8-7-17-5-3-4-6-21(17)28)24-20(14-18)22(29)15-23(32-24)27-9-11-31-12-10-27/h3-6,13-15H,7-12,16H2,1-2H3. The summed E-state index contributed by atoms with van der Waals surface area (Å²) >= 11 is 0. The maximum Gasteiger partial charge on any atom is 0.253 e. The zero-order valence-corrected chi connectivity index (χ0v) is 18.5. The number of hydrogen-bond acceptors (Lipinski definition) is 6. The average Bonchev–Trinajstić information content (AvgIpc) is 3.22. The molecule has 166 valence electrons. The second-order valence-corrected chi connectivity index (χ2v) is 8.56. The summed E-state index contributed by atoms with van der Waals surface area (Å²) in [4.78, 5) is 31.7. The van der Waals surface area contributed by atoms with Gasteiger partial charge in [-0.15, -0.1) is 0 Å². The van der Waals surface area contributed by atoms with Gasteiger partial charge in [-0.05, 0) is 30.2 Å². The van der Waals surface area contributed by atoms with E-state index in [1.807, 2.05) is 17.0 Å². The van der Waals surface area contributed by atoms with E-state index in [2.05, 4.69) is 23.1 Å². The van der Waals surface area contributed by atoms with Crippen molar-refractivity contribution in [2.75, 3.05) is 56.7 Å². The minimum Gasteiger partial charge on any atom is -0.440 e. The second-order valence-electron chi connectivity index (χ2n) is 8.56. The van der Waals surface area contributed by atoms with Crippen molar-refractivity contribution in [3.63, 3.8) is 0 Å². The van der Waals surface area contributed by atoms with E-state index < -0.39 is 0 Å². The summed E-state index contributed by atoms with van der Waals surface area (Å²) < 4.78 is 11.8. The minimum atomic E-state index is -0.135. The number of ether oxygens (including phenoxy) is 1. The van der Waals surface area contributed by atoms with E-state index >= 15 is 0 Å². The summed E-state index contributed by atoms with van der Waals surface area (Å²) in [6.07, 6.45) is 0.980. The Bertz CT molecular complexity index is 1230. The molecule has 7 nitrogen and oxygen atoms in total. The summed E-state index contributed by atoms with van der Waals surface area (Å²) in [6.45, 7) is 4.03. The van der Waals surface area contributed by atoms with Crippen molar-refractivity contribution < 1.29 is 13.9 Å². The Balaban J connectivity index is 1.63. The maximum absolute atomic E-state index is 13.1. The molecule has 0 N–H and O–H groups in total. The molecule has 7 heteroatoms. The maximum atomic E-state index is 13.1. The molecule has 0 atom stereocenters. The fourth-order valence-electron chi connectivity index (χ4n) is 4.53. The van der Waals surface area contributed by atoms with E-state index in [9.17, 15) is 9.59 Å². The summed E-state index contributed by atoms with van der Waals surface area (Å²) in [6, 6.07) is 13.4. The minimum absolute atomic E-state index is 0.133. The first-order chi connectivity index (χ1) is 15.5. The monoisotopic (exact) mass is 433 g/mol. The molecule has 0 unspecified atom stereocenters. The molecule has 5 rings (SSSR count). The SMILES string of the molecule is CN(C)C(=O)c1cc(CN2CCc3ccccc32)c2oc(N3CCOCC3)cc(=O)c2c1. The van der Waals surface area contributed by atoms with Crippen molar-refractivity contribution in [3.8, 4) is 0 Å². The fourth-order valence-corrected chi connectivity index (χ4v) is 4.53. The molecular weight excluding hydrogens is 406 g/mol. The van der Waals surface area contributed by atoms with Crippen LogP contribution in [-0.2, 0) is 17.7 Å². The van der Waals surface area contributed by atoms with Gasteiger partial charge in [0.25, 0.3) is 5.91 Å². The molecule has 2 aromatic carbocycles. The lowest BCUT2D eigenvalue weighted by Crippen LogP contribution is -2.36. The predicted octanol–water partition coefficient (Wildman–Crippen LogP) is 2.89. The molecule has 0 radical (unpaired) electrons. The lowest BCUT2D eigenvalue weighted by atomic mass is 10.0. The highest BCUT2D eigenvalue weighted by Gasteiger charge is 2.23. The summed E-state index contributed by atoms with van der Waals surface area (Å²) in [5, 5.41) is 0.442. The van der Waals surface area contributed by atoms with Gasteiger partial charge in [-0.1, -0.05) is 18.2 Å². The van der Waals surface area contributed by atoms with Crippen molar-refractivity contribution in [2.24, 2.45) is 0 Å². The molecule has 3 heterocycles. The Morgan fingerprint density at radius 1 is 1.06 bits per heavy atom. The molecular formula is C25H27N3O4. The van der Waals surface area contributed by atoms with Crippen LogP contribution in [0.15, 0.2) is 51.7 Å². The lowest BCUT2D eigenvalue weighted by Gasteiger charge is -2.27. The van der Waals surface area contributed by atoms with Crippen LogP contribution in [0, 0.1) is 0 Å². The number of para-hydroxylation sites is 1. The van der Waals surface area contributed by atoms with Crippen LogP contribution in [0.3, 0.4) is 0 Å². The largest absolute Gasteiger partial charge is 0.440 e. The van der Waals surface area contributed by atoms with Crippen LogP contribution in [-0.4, -0.2) is 57.8 Å². The van der Waals surface area contributed by atoms with Crippen LogP contribution in [0.2, 0.25) is 0 Å². The van der Waals surface area contributed by atoms with Crippen LogP contribution >= 0.6 is 0 Å². The highest BCUT2D eigenvalue weighted by atomic mass is 16.5. The van der Waals surface area contributed by atoms with E-state index in [0.717, 1.165) is 18.5 Å². The van der Waals surface area contributed by atoms with Gasteiger partial charge < -0.3 is 23.9 Å². The Kier molecular flexibility index (Phi) is 5.35. The third-order valence-electron chi connectivity index (χ3n) is 6.21. The van der Waals surface area contributed by atoms with Crippen LogP contribution in [0.5, 0.6) is 0 Å². The number of amides is 1. The van der Waals surface area contributed by atoms with Crippen molar-refractivity contribution in [1.82, 2.24) is 4.90 Å². The smallest absolute Gasteiger partial charge is 0.253 e. The Labute approximate surface area is 186 Å². The molecule has 1 fully saturated rings. The van der Waals surface area contributed by atoms with Gasteiger partial charge in [0.1, 0.15) is 5.58 Å². The van der Waals surface area contributed by atoms with Crippen molar-refractivity contribution in [2.45, 2.75) is 13.0 Å². The van der Waals surface area contributed by atoms with Gasteiger partial charge in [0, 0.05) is 63.2 Å². The zero-order chi connectivity index (χ0) is 22.2. The molecule has 2 aliphatic rings. The van der Waals surface area contributed by atoms with Gasteiger partial charge in [0.2, 0.25) is 0 Å². The first-order valence-electron chi connectivity index (χ1n) is 11.0. The van der Waals surface area contributed by atoms with E-state index in [1.54, 1.807) is 20.2 Å². The Hall–Kier alpha value is -3.32. The second kappa shape index (κ2) is 8.31. The highest BCUT2D eigenvalue weighted by Crippen LogP contribution is 2.32. The van der Waals surface area contributed by atoms with Crippen LogP contribution in [0.25, 0.3) is 11.0 Å². The lowest BCUT2D eigenvalue weighted by molar-refractivity contribution is 0.0827. The van der Waals surface area contributed by atoms with E-state index in [4.69, 9.17) is 9.15 Å². The first kappa shape index (κ1) is 20.6. The molecule has 1 saturated heterocycles. The number of benzene rings is 2. The molecule has 0 saturated carbocycles. The van der Waals surface area contributed by atoms with Crippen molar-refractivity contribution in [3.05, 3.63) is 69.4 Å². The summed E-state index contributed by atoms with van der Waals surface area (Å²) in [5.41, 5.74) is 4.26. The fraction of sp³-hybridized carbons (Fsp3) is 0.360. The predicted molar refractivity (Wildman–Crippen MR) is 125 cm³/mol. The molecule has 3 aromatic rings. The van der Waals surface area contributed by atoms with Crippen molar-refractivity contribution >= 4 is 28.4 Å². The van der Waals surface area contributed by atoms with Gasteiger partial charge in [0.15, 0.2) is 11.3 Å². The van der Waals surface area contributed by atoms with Gasteiger partial charge in [0.05, 0.1) is 18.6 Å².